The standard InChI is InChI=1S/C13H12ClFN2O2S/c14-12-6-3-10(15)7-13(12)20(18,19)17-8-9-1-4-11(16)5-2-9/h1-7,17H,8,16H2. The second-order valence-corrected chi connectivity index (χ2v) is 6.28. The zero-order chi connectivity index (χ0) is 14.8. The molecule has 0 saturated heterocycles. The van der Waals surface area contributed by atoms with Crippen molar-refractivity contribution in [2.45, 2.75) is 11.4 Å². The highest BCUT2D eigenvalue weighted by Crippen LogP contribution is 2.22. The fourth-order valence-corrected chi connectivity index (χ4v) is 3.10. The number of anilines is 1. The number of nitrogens with one attached hydrogen (secondary N) is 1. The summed E-state index contributed by atoms with van der Waals surface area (Å²) in [6.07, 6.45) is 0. The Labute approximate surface area is 121 Å². The van der Waals surface area contributed by atoms with Gasteiger partial charge in [-0.3, -0.25) is 0 Å². The minimum atomic E-state index is -3.87. The molecule has 0 bridgehead atoms. The molecule has 20 heavy (non-hydrogen) atoms. The summed E-state index contributed by atoms with van der Waals surface area (Å²) in [7, 11) is -3.87. The van der Waals surface area contributed by atoms with Crippen LogP contribution in [0.2, 0.25) is 5.02 Å². The molecule has 0 spiro atoms. The highest BCUT2D eigenvalue weighted by Gasteiger charge is 2.18. The summed E-state index contributed by atoms with van der Waals surface area (Å²) >= 11 is 5.78. The number of sulfonamides is 1. The van der Waals surface area contributed by atoms with Gasteiger partial charge in [0.15, 0.2) is 0 Å². The number of halogens is 2. The van der Waals surface area contributed by atoms with Crippen molar-refractivity contribution in [1.29, 1.82) is 0 Å². The number of nitrogen functional groups attached to an aromatic ring is 1. The van der Waals surface area contributed by atoms with Crippen molar-refractivity contribution in [2.24, 2.45) is 0 Å². The first-order valence-electron chi connectivity index (χ1n) is 5.67. The predicted octanol–water partition coefficient (Wildman–Crippen LogP) is 2.54. The van der Waals surface area contributed by atoms with Crippen molar-refractivity contribution in [3.05, 3.63) is 58.9 Å². The summed E-state index contributed by atoms with van der Waals surface area (Å²) in [5.41, 5.74) is 6.86. The summed E-state index contributed by atoms with van der Waals surface area (Å²) in [6.45, 7) is 0.0649. The molecule has 2 aromatic carbocycles. The molecule has 0 radical (unpaired) electrons. The molecule has 0 amide bonds. The number of benzene rings is 2. The first kappa shape index (κ1) is 14.8. The molecule has 7 heteroatoms. The second-order valence-electron chi connectivity index (χ2n) is 4.14. The quantitative estimate of drug-likeness (QED) is 0.852. The third kappa shape index (κ3) is 3.47. The Hall–Kier alpha value is -1.63. The molecule has 0 heterocycles. The number of rotatable bonds is 4. The lowest BCUT2D eigenvalue weighted by molar-refractivity contribution is 0.577. The van der Waals surface area contributed by atoms with Gasteiger partial charge in [-0.1, -0.05) is 23.7 Å². The molecular weight excluding hydrogens is 303 g/mol. The Balaban J connectivity index is 2.19. The van der Waals surface area contributed by atoms with Crippen LogP contribution in [0.5, 0.6) is 0 Å². The monoisotopic (exact) mass is 314 g/mol. The molecule has 0 aliphatic rings. The molecule has 3 N–H and O–H groups in total. The van der Waals surface area contributed by atoms with Crippen LogP contribution in [-0.2, 0) is 16.6 Å². The topological polar surface area (TPSA) is 72.2 Å². The summed E-state index contributed by atoms with van der Waals surface area (Å²) in [6, 6.07) is 9.91. The van der Waals surface area contributed by atoms with Gasteiger partial charge in [0.2, 0.25) is 10.0 Å². The number of hydrogen-bond donors (Lipinski definition) is 2. The summed E-state index contributed by atoms with van der Waals surface area (Å²) < 4.78 is 39.6. The molecule has 2 aromatic rings. The molecule has 0 unspecified atom stereocenters. The van der Waals surface area contributed by atoms with Crippen LogP contribution in [0, 0.1) is 5.82 Å². The number of hydrogen-bond acceptors (Lipinski definition) is 3. The normalized spacial score (nSPS) is 11.5. The van der Waals surface area contributed by atoms with Crippen molar-refractivity contribution < 1.29 is 12.8 Å². The lowest BCUT2D eigenvalue weighted by Crippen LogP contribution is -2.23. The van der Waals surface area contributed by atoms with E-state index in [1.807, 2.05) is 0 Å². The molecule has 106 valence electrons. The van der Waals surface area contributed by atoms with Gasteiger partial charge in [0.1, 0.15) is 10.7 Å². The van der Waals surface area contributed by atoms with Crippen molar-refractivity contribution in [3.63, 3.8) is 0 Å². The Morgan fingerprint density at radius 1 is 1.15 bits per heavy atom. The zero-order valence-electron chi connectivity index (χ0n) is 10.3. The van der Waals surface area contributed by atoms with Crippen LogP contribution in [0.4, 0.5) is 10.1 Å². The third-order valence-electron chi connectivity index (χ3n) is 2.63. The molecular formula is C13H12ClFN2O2S. The van der Waals surface area contributed by atoms with Crippen molar-refractivity contribution in [3.8, 4) is 0 Å². The fourth-order valence-electron chi connectivity index (χ4n) is 1.57. The smallest absolute Gasteiger partial charge is 0.242 e. The lowest BCUT2D eigenvalue weighted by atomic mass is 10.2. The molecule has 0 aliphatic carbocycles. The van der Waals surface area contributed by atoms with E-state index in [0.29, 0.717) is 5.69 Å². The van der Waals surface area contributed by atoms with Crippen molar-refractivity contribution in [2.75, 3.05) is 5.73 Å². The van der Waals surface area contributed by atoms with Crippen molar-refractivity contribution in [1.82, 2.24) is 4.72 Å². The van der Waals surface area contributed by atoms with Crippen molar-refractivity contribution >= 4 is 27.3 Å². The van der Waals surface area contributed by atoms with E-state index < -0.39 is 15.8 Å². The molecule has 4 nitrogen and oxygen atoms in total. The maximum absolute atomic E-state index is 13.1. The fraction of sp³-hybridized carbons (Fsp3) is 0.0769. The molecule has 2 rings (SSSR count). The van der Waals surface area contributed by atoms with Crippen LogP contribution in [0.1, 0.15) is 5.56 Å². The second kappa shape index (κ2) is 5.78. The van der Waals surface area contributed by atoms with Gasteiger partial charge in [-0.05, 0) is 35.9 Å². The van der Waals surface area contributed by atoms with Crippen LogP contribution in [0.25, 0.3) is 0 Å². The highest BCUT2D eigenvalue weighted by molar-refractivity contribution is 7.89. The van der Waals surface area contributed by atoms with Crippen LogP contribution >= 0.6 is 11.6 Å². The van der Waals surface area contributed by atoms with Gasteiger partial charge in [0.05, 0.1) is 5.02 Å². The van der Waals surface area contributed by atoms with Gasteiger partial charge in [0, 0.05) is 12.2 Å². The van der Waals surface area contributed by atoms with E-state index in [2.05, 4.69) is 4.72 Å². The minimum Gasteiger partial charge on any atom is -0.399 e. The average molecular weight is 315 g/mol. The maximum atomic E-state index is 13.1. The Morgan fingerprint density at radius 3 is 2.45 bits per heavy atom. The molecule has 0 aliphatic heterocycles. The van der Waals surface area contributed by atoms with E-state index in [1.165, 1.54) is 6.07 Å². The van der Waals surface area contributed by atoms with Gasteiger partial charge >= 0.3 is 0 Å². The first-order chi connectivity index (χ1) is 9.38. The third-order valence-corrected chi connectivity index (χ3v) is 4.51. The van der Waals surface area contributed by atoms with Gasteiger partial charge in [-0.2, -0.15) is 0 Å². The highest BCUT2D eigenvalue weighted by atomic mass is 35.5. The Morgan fingerprint density at radius 2 is 1.80 bits per heavy atom. The van der Waals surface area contributed by atoms with Crippen LogP contribution in [-0.4, -0.2) is 8.42 Å². The van der Waals surface area contributed by atoms with Gasteiger partial charge in [0.25, 0.3) is 0 Å². The van der Waals surface area contributed by atoms with Gasteiger partial charge in [-0.15, -0.1) is 0 Å². The Bertz CT molecular complexity index is 718. The lowest BCUT2D eigenvalue weighted by Gasteiger charge is -2.08. The number of nitrogens with two attached hydrogens (primary N) is 1. The summed E-state index contributed by atoms with van der Waals surface area (Å²) in [5.74, 6) is -0.665. The first-order valence-corrected chi connectivity index (χ1v) is 7.54. The van der Waals surface area contributed by atoms with E-state index in [0.717, 1.165) is 17.7 Å². The van der Waals surface area contributed by atoms with E-state index in [4.69, 9.17) is 17.3 Å². The summed E-state index contributed by atoms with van der Waals surface area (Å²) in [5, 5.41) is -0.0313. The SMILES string of the molecule is Nc1ccc(CNS(=O)(=O)c2cc(F)ccc2Cl)cc1. The van der Waals surface area contributed by atoms with Crippen LogP contribution < -0.4 is 10.5 Å². The van der Waals surface area contributed by atoms with Gasteiger partial charge < -0.3 is 5.73 Å². The van der Waals surface area contributed by atoms with Gasteiger partial charge in [-0.25, -0.2) is 17.5 Å². The van der Waals surface area contributed by atoms with E-state index >= 15 is 0 Å². The van der Waals surface area contributed by atoms with Crippen LogP contribution in [0.15, 0.2) is 47.4 Å². The van der Waals surface area contributed by atoms with E-state index in [-0.39, 0.29) is 16.5 Å². The van der Waals surface area contributed by atoms with E-state index in [1.54, 1.807) is 24.3 Å². The predicted molar refractivity (Wildman–Crippen MR) is 76.3 cm³/mol. The molecule has 0 atom stereocenters. The van der Waals surface area contributed by atoms with E-state index in [9.17, 15) is 12.8 Å². The molecule has 0 aromatic heterocycles. The Kier molecular flexibility index (Phi) is 4.27. The van der Waals surface area contributed by atoms with Crippen LogP contribution in [0.3, 0.4) is 0 Å². The maximum Gasteiger partial charge on any atom is 0.242 e. The largest absolute Gasteiger partial charge is 0.399 e. The average Bonchev–Trinajstić information content (AvgIpc) is 2.41. The molecule has 0 fully saturated rings. The minimum absolute atomic E-state index is 0.0313. The zero-order valence-corrected chi connectivity index (χ0v) is 11.9. The summed E-state index contributed by atoms with van der Waals surface area (Å²) in [4.78, 5) is -0.283. The molecule has 0 saturated carbocycles.